The van der Waals surface area contributed by atoms with Crippen molar-refractivity contribution in [1.82, 2.24) is 5.32 Å². The molecule has 0 aliphatic heterocycles. The number of halogens is 1. The number of amides is 2. The standard InChI is InChI=1S/C13H17FN2O3S/c1-8(6-7-20-2)15-13(19)16-11-9(12(17)18)4-3-5-10(11)14/h3-5,8H,6-7H2,1-2H3,(H,17,18)(H2,15,16,19). The molecule has 1 aromatic carbocycles. The normalized spacial score (nSPS) is 11.8. The third kappa shape index (κ3) is 4.73. The van der Waals surface area contributed by atoms with Crippen LogP contribution in [-0.2, 0) is 0 Å². The molecule has 1 aromatic rings. The zero-order valence-corrected chi connectivity index (χ0v) is 12.1. The van der Waals surface area contributed by atoms with Crippen LogP contribution in [0.4, 0.5) is 14.9 Å². The van der Waals surface area contributed by atoms with Crippen LogP contribution in [-0.4, -0.2) is 35.2 Å². The van der Waals surface area contributed by atoms with E-state index in [9.17, 15) is 14.0 Å². The van der Waals surface area contributed by atoms with Gasteiger partial charge < -0.3 is 15.7 Å². The first-order valence-electron chi connectivity index (χ1n) is 6.04. The fourth-order valence-electron chi connectivity index (χ4n) is 1.57. The van der Waals surface area contributed by atoms with Crippen molar-refractivity contribution >= 4 is 29.4 Å². The summed E-state index contributed by atoms with van der Waals surface area (Å²) in [7, 11) is 0. The number of carbonyl (C=O) groups is 2. The van der Waals surface area contributed by atoms with Crippen LogP contribution < -0.4 is 10.6 Å². The Hall–Kier alpha value is -1.76. The molecule has 0 radical (unpaired) electrons. The van der Waals surface area contributed by atoms with E-state index < -0.39 is 17.8 Å². The predicted molar refractivity (Wildman–Crippen MR) is 78.0 cm³/mol. The number of aromatic carboxylic acids is 1. The molecule has 1 atom stereocenters. The highest BCUT2D eigenvalue weighted by Crippen LogP contribution is 2.19. The molecule has 1 unspecified atom stereocenters. The summed E-state index contributed by atoms with van der Waals surface area (Å²) in [5.41, 5.74) is -0.605. The Bertz CT molecular complexity index is 497. The fraction of sp³-hybridized carbons (Fsp3) is 0.385. The summed E-state index contributed by atoms with van der Waals surface area (Å²) in [5.74, 6) is -1.19. The Kier molecular flexibility index (Phi) is 6.30. The van der Waals surface area contributed by atoms with Crippen LogP contribution in [0.1, 0.15) is 23.7 Å². The number of para-hydroxylation sites is 1. The third-order valence-electron chi connectivity index (χ3n) is 2.62. The SMILES string of the molecule is CSCCC(C)NC(=O)Nc1c(F)cccc1C(=O)O. The monoisotopic (exact) mass is 300 g/mol. The van der Waals surface area contributed by atoms with Crippen molar-refractivity contribution in [2.75, 3.05) is 17.3 Å². The van der Waals surface area contributed by atoms with Gasteiger partial charge in [-0.2, -0.15) is 11.8 Å². The van der Waals surface area contributed by atoms with E-state index in [1.54, 1.807) is 11.8 Å². The predicted octanol–water partition coefficient (Wildman–Crippen LogP) is 2.79. The Balaban J connectivity index is 2.73. The molecule has 0 aliphatic rings. The first-order valence-corrected chi connectivity index (χ1v) is 7.43. The van der Waals surface area contributed by atoms with E-state index >= 15 is 0 Å². The summed E-state index contributed by atoms with van der Waals surface area (Å²) in [5, 5.41) is 13.8. The molecule has 7 heteroatoms. The molecule has 0 bridgehead atoms. The first-order chi connectivity index (χ1) is 9.45. The number of carboxylic acids is 1. The molecule has 0 aromatic heterocycles. The van der Waals surface area contributed by atoms with Crippen LogP contribution in [0.2, 0.25) is 0 Å². The van der Waals surface area contributed by atoms with Gasteiger partial charge in [-0.1, -0.05) is 6.07 Å². The second-order valence-electron chi connectivity index (χ2n) is 4.25. The maximum absolute atomic E-state index is 13.6. The lowest BCUT2D eigenvalue weighted by Crippen LogP contribution is -2.37. The lowest BCUT2D eigenvalue weighted by atomic mass is 10.1. The number of carboxylic acid groups (broad SMARTS) is 1. The second kappa shape index (κ2) is 7.74. The quantitative estimate of drug-likeness (QED) is 0.755. The van der Waals surface area contributed by atoms with Gasteiger partial charge in [-0.3, -0.25) is 0 Å². The highest BCUT2D eigenvalue weighted by atomic mass is 32.2. The molecule has 0 heterocycles. The highest BCUT2D eigenvalue weighted by molar-refractivity contribution is 7.98. The van der Waals surface area contributed by atoms with Crippen LogP contribution in [0.25, 0.3) is 0 Å². The van der Waals surface area contributed by atoms with Crippen LogP contribution in [0.15, 0.2) is 18.2 Å². The Morgan fingerprint density at radius 1 is 1.45 bits per heavy atom. The first kappa shape index (κ1) is 16.3. The van der Waals surface area contributed by atoms with Gasteiger partial charge in [-0.25, -0.2) is 14.0 Å². The maximum Gasteiger partial charge on any atom is 0.337 e. The molecule has 0 saturated carbocycles. The van der Waals surface area contributed by atoms with Crippen molar-refractivity contribution in [2.24, 2.45) is 0 Å². The van der Waals surface area contributed by atoms with E-state index in [-0.39, 0.29) is 17.3 Å². The molecule has 3 N–H and O–H groups in total. The smallest absolute Gasteiger partial charge is 0.337 e. The number of carbonyl (C=O) groups excluding carboxylic acids is 1. The number of benzene rings is 1. The molecule has 110 valence electrons. The van der Waals surface area contributed by atoms with E-state index in [4.69, 9.17) is 5.11 Å². The van der Waals surface area contributed by atoms with Crippen LogP contribution in [0.3, 0.4) is 0 Å². The lowest BCUT2D eigenvalue weighted by Gasteiger charge is -2.15. The number of hydrogen-bond acceptors (Lipinski definition) is 3. The number of nitrogens with one attached hydrogen (secondary N) is 2. The number of anilines is 1. The Labute approximate surface area is 120 Å². The van der Waals surface area contributed by atoms with E-state index in [0.717, 1.165) is 18.2 Å². The van der Waals surface area contributed by atoms with Gasteiger partial charge >= 0.3 is 12.0 Å². The minimum absolute atomic E-state index is 0.0810. The summed E-state index contributed by atoms with van der Waals surface area (Å²) in [6, 6.07) is 2.91. The number of thioether (sulfide) groups is 1. The van der Waals surface area contributed by atoms with Gasteiger partial charge in [0.15, 0.2) is 0 Å². The molecule has 1 rings (SSSR count). The van der Waals surface area contributed by atoms with Gasteiger partial charge in [0.1, 0.15) is 5.82 Å². The zero-order chi connectivity index (χ0) is 15.1. The molecular formula is C13H17FN2O3S. The van der Waals surface area contributed by atoms with Crippen LogP contribution in [0, 0.1) is 5.82 Å². The minimum atomic E-state index is -1.30. The average molecular weight is 300 g/mol. The molecule has 0 spiro atoms. The number of urea groups is 1. The van der Waals surface area contributed by atoms with Gasteiger partial charge in [-0.15, -0.1) is 0 Å². The molecule has 0 fully saturated rings. The molecule has 0 aliphatic carbocycles. The van der Waals surface area contributed by atoms with Crippen molar-refractivity contribution in [3.8, 4) is 0 Å². The molecule has 0 saturated heterocycles. The summed E-state index contributed by atoms with van der Waals surface area (Å²) in [6.07, 6.45) is 2.74. The van der Waals surface area contributed by atoms with E-state index in [1.165, 1.54) is 12.1 Å². The molecule has 2 amide bonds. The minimum Gasteiger partial charge on any atom is -0.478 e. The van der Waals surface area contributed by atoms with Crippen LogP contribution >= 0.6 is 11.8 Å². The lowest BCUT2D eigenvalue weighted by molar-refractivity contribution is 0.0697. The molecular weight excluding hydrogens is 283 g/mol. The van der Waals surface area contributed by atoms with Crippen molar-refractivity contribution in [3.63, 3.8) is 0 Å². The van der Waals surface area contributed by atoms with E-state index in [2.05, 4.69) is 10.6 Å². The number of rotatable bonds is 6. The molecule has 5 nitrogen and oxygen atoms in total. The summed E-state index contributed by atoms with van der Waals surface area (Å²) >= 11 is 1.66. The van der Waals surface area contributed by atoms with Crippen molar-refractivity contribution < 1.29 is 19.1 Å². The summed E-state index contributed by atoms with van der Waals surface area (Å²) in [6.45, 7) is 1.83. The average Bonchev–Trinajstić information content (AvgIpc) is 2.38. The zero-order valence-electron chi connectivity index (χ0n) is 11.3. The second-order valence-corrected chi connectivity index (χ2v) is 5.23. The topological polar surface area (TPSA) is 78.4 Å². The Morgan fingerprint density at radius 3 is 2.75 bits per heavy atom. The number of hydrogen-bond donors (Lipinski definition) is 3. The maximum atomic E-state index is 13.6. The highest BCUT2D eigenvalue weighted by Gasteiger charge is 2.17. The third-order valence-corrected chi connectivity index (χ3v) is 3.26. The van der Waals surface area contributed by atoms with Gasteiger partial charge in [0.05, 0.1) is 11.3 Å². The molecule has 20 heavy (non-hydrogen) atoms. The van der Waals surface area contributed by atoms with Gasteiger partial charge in [0.25, 0.3) is 0 Å². The largest absolute Gasteiger partial charge is 0.478 e. The van der Waals surface area contributed by atoms with Crippen molar-refractivity contribution in [1.29, 1.82) is 0 Å². The van der Waals surface area contributed by atoms with E-state index in [1.807, 2.05) is 13.2 Å². The van der Waals surface area contributed by atoms with Crippen molar-refractivity contribution in [3.05, 3.63) is 29.6 Å². The van der Waals surface area contributed by atoms with Gasteiger partial charge in [0, 0.05) is 6.04 Å². The summed E-state index contributed by atoms with van der Waals surface area (Å²) < 4.78 is 13.6. The summed E-state index contributed by atoms with van der Waals surface area (Å²) in [4.78, 5) is 22.7. The van der Waals surface area contributed by atoms with Crippen molar-refractivity contribution in [2.45, 2.75) is 19.4 Å². The van der Waals surface area contributed by atoms with E-state index in [0.29, 0.717) is 0 Å². The van der Waals surface area contributed by atoms with Gasteiger partial charge in [0.2, 0.25) is 0 Å². The van der Waals surface area contributed by atoms with Gasteiger partial charge in [-0.05, 0) is 37.5 Å². The fourth-order valence-corrected chi connectivity index (χ4v) is 2.16. The van der Waals surface area contributed by atoms with Crippen LogP contribution in [0.5, 0.6) is 0 Å². The Morgan fingerprint density at radius 2 is 2.15 bits per heavy atom.